The van der Waals surface area contributed by atoms with Gasteiger partial charge in [-0.3, -0.25) is 9.20 Å². The Kier molecular flexibility index (Phi) is 2.48. The molecule has 5 heteroatoms. The highest BCUT2D eigenvalue weighted by molar-refractivity contribution is 9.10. The van der Waals surface area contributed by atoms with Crippen molar-refractivity contribution < 1.29 is 4.79 Å². The zero-order valence-corrected chi connectivity index (χ0v) is 10.00. The average Bonchev–Trinajstić information content (AvgIpc) is 2.43. The minimum absolute atomic E-state index is 0.0812. The van der Waals surface area contributed by atoms with Gasteiger partial charge in [-0.25, -0.2) is 4.98 Å². The van der Waals surface area contributed by atoms with Crippen LogP contribution in [0, 0.1) is 6.92 Å². The van der Waals surface area contributed by atoms with E-state index in [1.54, 1.807) is 0 Å². The minimum atomic E-state index is -0.0812. The summed E-state index contributed by atoms with van der Waals surface area (Å²) < 4.78 is 2.80. The van der Waals surface area contributed by atoms with Gasteiger partial charge in [0.1, 0.15) is 10.3 Å². The molecule has 2 heterocycles. The van der Waals surface area contributed by atoms with Gasteiger partial charge in [0.25, 0.3) is 0 Å². The maximum atomic E-state index is 10.9. The van der Waals surface area contributed by atoms with Gasteiger partial charge in [0.15, 0.2) is 0 Å². The normalized spacial score (nSPS) is 10.6. The Hall–Kier alpha value is -1.36. The smallest absolute Gasteiger partial charge is 0.221 e. The molecule has 0 saturated heterocycles. The van der Waals surface area contributed by atoms with E-state index in [0.717, 1.165) is 21.6 Å². The van der Waals surface area contributed by atoms with Crippen LogP contribution < -0.4 is 5.32 Å². The van der Waals surface area contributed by atoms with Crippen LogP contribution in [0.5, 0.6) is 0 Å². The highest BCUT2D eigenvalue weighted by Crippen LogP contribution is 2.20. The fraction of sp³-hybridized carbons (Fsp3) is 0.200. The Morgan fingerprint density at radius 2 is 2.27 bits per heavy atom. The van der Waals surface area contributed by atoms with E-state index in [1.165, 1.54) is 6.92 Å². The molecule has 78 valence electrons. The van der Waals surface area contributed by atoms with E-state index in [4.69, 9.17) is 0 Å². The molecule has 1 N–H and O–H groups in total. The van der Waals surface area contributed by atoms with Gasteiger partial charge >= 0.3 is 0 Å². The highest BCUT2D eigenvalue weighted by Gasteiger charge is 2.06. The Morgan fingerprint density at radius 1 is 1.53 bits per heavy atom. The summed E-state index contributed by atoms with van der Waals surface area (Å²) in [6.07, 6.45) is 1.83. The molecule has 2 aromatic rings. The summed E-state index contributed by atoms with van der Waals surface area (Å²) in [5, 5.41) is 2.73. The van der Waals surface area contributed by atoms with Crippen LogP contribution in [-0.2, 0) is 4.79 Å². The Morgan fingerprint density at radius 3 is 2.93 bits per heavy atom. The summed E-state index contributed by atoms with van der Waals surface area (Å²) in [6.45, 7) is 3.41. The van der Waals surface area contributed by atoms with Crippen LogP contribution in [0.3, 0.4) is 0 Å². The van der Waals surface area contributed by atoms with Gasteiger partial charge in [-0.1, -0.05) is 0 Å². The molecule has 0 spiro atoms. The molecule has 1 amide bonds. The number of anilines is 1. The van der Waals surface area contributed by atoms with Crippen LogP contribution in [0.25, 0.3) is 5.65 Å². The monoisotopic (exact) mass is 267 g/mol. The highest BCUT2D eigenvalue weighted by atomic mass is 79.9. The fourth-order valence-electron chi connectivity index (χ4n) is 1.41. The van der Waals surface area contributed by atoms with Crippen LogP contribution in [0.1, 0.15) is 12.6 Å². The number of pyridine rings is 1. The van der Waals surface area contributed by atoms with Crippen molar-refractivity contribution in [2.45, 2.75) is 13.8 Å². The van der Waals surface area contributed by atoms with E-state index in [2.05, 4.69) is 26.2 Å². The van der Waals surface area contributed by atoms with Gasteiger partial charge in [0.05, 0.1) is 11.4 Å². The van der Waals surface area contributed by atoms with E-state index < -0.39 is 0 Å². The molecule has 0 fully saturated rings. The molecular formula is C10H10BrN3O. The van der Waals surface area contributed by atoms with E-state index in [9.17, 15) is 4.79 Å². The number of imidazole rings is 1. The third kappa shape index (κ3) is 1.87. The SMILES string of the molecule is CC(=O)Nc1ccc2nc(C)c(Br)n2c1. The first-order chi connectivity index (χ1) is 7.08. The van der Waals surface area contributed by atoms with Crippen molar-refractivity contribution in [1.29, 1.82) is 0 Å². The third-order valence-corrected chi connectivity index (χ3v) is 3.00. The van der Waals surface area contributed by atoms with Crippen molar-refractivity contribution in [3.05, 3.63) is 28.6 Å². The molecule has 0 unspecified atom stereocenters. The van der Waals surface area contributed by atoms with E-state index in [-0.39, 0.29) is 5.91 Å². The summed E-state index contributed by atoms with van der Waals surface area (Å²) in [4.78, 5) is 15.2. The van der Waals surface area contributed by atoms with Gasteiger partial charge in [-0.15, -0.1) is 0 Å². The summed E-state index contributed by atoms with van der Waals surface area (Å²) in [6, 6.07) is 3.69. The Bertz CT molecular complexity index is 533. The molecule has 2 aromatic heterocycles. The molecule has 0 aromatic carbocycles. The molecule has 0 bridgehead atoms. The number of aryl methyl sites for hydroxylation is 1. The fourth-order valence-corrected chi connectivity index (χ4v) is 1.78. The van der Waals surface area contributed by atoms with Gasteiger partial charge in [-0.2, -0.15) is 0 Å². The van der Waals surface area contributed by atoms with Gasteiger partial charge in [0.2, 0.25) is 5.91 Å². The van der Waals surface area contributed by atoms with Crippen LogP contribution in [0.2, 0.25) is 0 Å². The molecule has 0 atom stereocenters. The molecule has 0 saturated carbocycles. The van der Waals surface area contributed by atoms with Crippen LogP contribution >= 0.6 is 15.9 Å². The molecular weight excluding hydrogens is 258 g/mol. The largest absolute Gasteiger partial charge is 0.325 e. The van der Waals surface area contributed by atoms with Gasteiger partial charge in [0, 0.05) is 13.1 Å². The third-order valence-electron chi connectivity index (χ3n) is 2.04. The molecule has 0 aliphatic carbocycles. The summed E-state index contributed by atoms with van der Waals surface area (Å²) >= 11 is 3.44. The molecule has 15 heavy (non-hydrogen) atoms. The van der Waals surface area contributed by atoms with Crippen LogP contribution in [-0.4, -0.2) is 15.3 Å². The van der Waals surface area contributed by atoms with Crippen molar-refractivity contribution >= 4 is 33.2 Å². The van der Waals surface area contributed by atoms with Crippen molar-refractivity contribution in [2.24, 2.45) is 0 Å². The number of hydrogen-bond acceptors (Lipinski definition) is 2. The molecule has 0 aliphatic rings. The predicted octanol–water partition coefficient (Wildman–Crippen LogP) is 2.36. The summed E-state index contributed by atoms with van der Waals surface area (Å²) in [7, 11) is 0. The number of nitrogens with zero attached hydrogens (tertiary/aromatic N) is 2. The first-order valence-corrected chi connectivity index (χ1v) is 5.29. The zero-order chi connectivity index (χ0) is 11.0. The second-order valence-corrected chi connectivity index (χ2v) is 4.07. The van der Waals surface area contributed by atoms with E-state index in [1.807, 2.05) is 29.7 Å². The number of hydrogen-bond donors (Lipinski definition) is 1. The number of aromatic nitrogens is 2. The zero-order valence-electron chi connectivity index (χ0n) is 8.41. The topological polar surface area (TPSA) is 46.4 Å². The average molecular weight is 268 g/mol. The molecule has 0 aliphatic heterocycles. The van der Waals surface area contributed by atoms with Crippen molar-refractivity contribution in [1.82, 2.24) is 9.38 Å². The Balaban J connectivity index is 2.54. The summed E-state index contributed by atoms with van der Waals surface area (Å²) in [5.41, 5.74) is 2.54. The maximum Gasteiger partial charge on any atom is 0.221 e. The van der Waals surface area contributed by atoms with Gasteiger partial charge < -0.3 is 5.32 Å². The van der Waals surface area contributed by atoms with Crippen molar-refractivity contribution in [2.75, 3.05) is 5.32 Å². The quantitative estimate of drug-likeness (QED) is 0.863. The molecule has 2 rings (SSSR count). The van der Waals surface area contributed by atoms with E-state index in [0.29, 0.717) is 0 Å². The standard InChI is InChI=1S/C10H10BrN3O/c1-6-10(11)14-5-8(13-7(2)15)3-4-9(14)12-6/h3-5H,1-2H3,(H,13,15). The first kappa shape index (κ1) is 10.2. The minimum Gasteiger partial charge on any atom is -0.325 e. The van der Waals surface area contributed by atoms with Crippen molar-refractivity contribution in [3.8, 4) is 0 Å². The number of rotatable bonds is 1. The number of fused-ring (bicyclic) bond motifs is 1. The lowest BCUT2D eigenvalue weighted by molar-refractivity contribution is -0.114. The number of nitrogens with one attached hydrogen (secondary N) is 1. The first-order valence-electron chi connectivity index (χ1n) is 4.50. The molecule has 0 radical (unpaired) electrons. The Labute approximate surface area is 95.4 Å². The number of amides is 1. The lowest BCUT2D eigenvalue weighted by Crippen LogP contribution is -2.06. The van der Waals surface area contributed by atoms with Crippen LogP contribution in [0.4, 0.5) is 5.69 Å². The van der Waals surface area contributed by atoms with Crippen LogP contribution in [0.15, 0.2) is 22.9 Å². The molecule has 4 nitrogen and oxygen atoms in total. The van der Waals surface area contributed by atoms with Crippen molar-refractivity contribution in [3.63, 3.8) is 0 Å². The van der Waals surface area contributed by atoms with E-state index >= 15 is 0 Å². The van der Waals surface area contributed by atoms with Gasteiger partial charge in [-0.05, 0) is 35.0 Å². The lowest BCUT2D eigenvalue weighted by atomic mass is 10.4. The number of carbonyl (C=O) groups excluding carboxylic acids is 1. The number of carbonyl (C=O) groups is 1. The lowest BCUT2D eigenvalue weighted by Gasteiger charge is -2.02. The second kappa shape index (κ2) is 3.66. The predicted molar refractivity (Wildman–Crippen MR) is 61.9 cm³/mol. The summed E-state index contributed by atoms with van der Waals surface area (Å²) in [5.74, 6) is -0.0812. The second-order valence-electron chi connectivity index (χ2n) is 3.32. The maximum absolute atomic E-state index is 10.9. The number of halogens is 1.